The number of hydrogen-bond acceptors (Lipinski definition) is 2. The smallest absolute Gasteiger partial charge is 0.185 e. The Kier molecular flexibility index (Phi) is 3.38. The monoisotopic (exact) mass is 318 g/mol. The van der Waals surface area contributed by atoms with E-state index < -0.39 is 0 Å². The van der Waals surface area contributed by atoms with Gasteiger partial charge in [0.05, 0.1) is 15.6 Å². The van der Waals surface area contributed by atoms with Crippen molar-refractivity contribution in [3.63, 3.8) is 0 Å². The summed E-state index contributed by atoms with van der Waals surface area (Å²) in [6.07, 6.45) is 0.629. The van der Waals surface area contributed by atoms with Gasteiger partial charge in [0, 0.05) is 4.47 Å². The van der Waals surface area contributed by atoms with Crippen LogP contribution in [-0.2, 0) is 0 Å². The molecule has 0 aliphatic rings. The molecule has 16 heavy (non-hydrogen) atoms. The molecule has 0 aliphatic carbocycles. The molecule has 0 unspecified atom stereocenters. The zero-order valence-electron chi connectivity index (χ0n) is 7.84. The highest BCUT2D eigenvalue weighted by Gasteiger charge is 2.13. The van der Waals surface area contributed by atoms with E-state index in [4.69, 9.17) is 27.6 Å². The first-order valence-corrected chi connectivity index (χ1v) is 5.86. The van der Waals surface area contributed by atoms with E-state index >= 15 is 0 Å². The molecular formula is C11H5BrCl2O2. The molecule has 2 nitrogen and oxygen atoms in total. The van der Waals surface area contributed by atoms with Crippen LogP contribution in [-0.4, -0.2) is 6.29 Å². The Hall–Kier alpha value is -0.770. The van der Waals surface area contributed by atoms with Crippen LogP contribution in [0.15, 0.2) is 33.2 Å². The Balaban J connectivity index is 2.59. The van der Waals surface area contributed by atoms with Gasteiger partial charge in [0.15, 0.2) is 12.0 Å². The van der Waals surface area contributed by atoms with Crippen molar-refractivity contribution < 1.29 is 9.21 Å². The molecule has 1 aromatic carbocycles. The lowest BCUT2D eigenvalue weighted by atomic mass is 10.2. The van der Waals surface area contributed by atoms with Crippen molar-refractivity contribution in [2.75, 3.05) is 0 Å². The first-order valence-electron chi connectivity index (χ1n) is 4.31. The molecule has 0 bridgehead atoms. The van der Waals surface area contributed by atoms with Crippen LogP contribution in [0, 0.1) is 0 Å². The summed E-state index contributed by atoms with van der Waals surface area (Å²) >= 11 is 15.4. The van der Waals surface area contributed by atoms with Gasteiger partial charge < -0.3 is 4.42 Å². The van der Waals surface area contributed by atoms with Gasteiger partial charge in [-0.15, -0.1) is 0 Å². The molecule has 0 fully saturated rings. The van der Waals surface area contributed by atoms with Gasteiger partial charge in [-0.3, -0.25) is 4.79 Å². The maximum Gasteiger partial charge on any atom is 0.185 e. The average molecular weight is 320 g/mol. The van der Waals surface area contributed by atoms with Gasteiger partial charge in [-0.2, -0.15) is 0 Å². The molecule has 0 spiro atoms. The van der Waals surface area contributed by atoms with Gasteiger partial charge in [-0.1, -0.05) is 39.1 Å². The Labute approximate surface area is 110 Å². The summed E-state index contributed by atoms with van der Waals surface area (Å²) in [5.41, 5.74) is 0.583. The number of carbonyl (C=O) groups is 1. The van der Waals surface area contributed by atoms with Crippen LogP contribution in [0.3, 0.4) is 0 Å². The number of rotatable bonds is 2. The molecule has 0 atom stereocenters. The second-order valence-corrected chi connectivity index (χ2v) is 4.79. The first-order chi connectivity index (χ1) is 7.61. The van der Waals surface area contributed by atoms with Gasteiger partial charge in [-0.25, -0.2) is 0 Å². The van der Waals surface area contributed by atoms with Crippen molar-refractivity contribution in [1.82, 2.24) is 0 Å². The van der Waals surface area contributed by atoms with Crippen molar-refractivity contribution >= 4 is 45.4 Å². The highest BCUT2D eigenvalue weighted by atomic mass is 79.9. The number of carbonyl (C=O) groups excluding carboxylic acids is 1. The van der Waals surface area contributed by atoms with Crippen LogP contribution in [0.2, 0.25) is 10.0 Å². The molecule has 0 aliphatic heterocycles. The summed E-state index contributed by atoms with van der Waals surface area (Å²) in [6.45, 7) is 0. The fraction of sp³-hybridized carbons (Fsp3) is 0. The van der Waals surface area contributed by atoms with E-state index in [-0.39, 0.29) is 5.76 Å². The summed E-state index contributed by atoms with van der Waals surface area (Å²) in [7, 11) is 0. The topological polar surface area (TPSA) is 30.2 Å². The minimum atomic E-state index is 0.241. The van der Waals surface area contributed by atoms with Gasteiger partial charge in [-0.05, 0) is 24.3 Å². The van der Waals surface area contributed by atoms with Gasteiger partial charge >= 0.3 is 0 Å². The molecule has 1 aromatic heterocycles. The van der Waals surface area contributed by atoms with Crippen LogP contribution >= 0.6 is 39.1 Å². The fourth-order valence-electron chi connectivity index (χ4n) is 1.33. The third kappa shape index (κ3) is 2.17. The normalized spacial score (nSPS) is 10.4. The summed E-state index contributed by atoms with van der Waals surface area (Å²) in [4.78, 5) is 10.5. The molecule has 82 valence electrons. The van der Waals surface area contributed by atoms with Crippen LogP contribution in [0.5, 0.6) is 0 Å². The molecule has 1 heterocycles. The van der Waals surface area contributed by atoms with Crippen LogP contribution in [0.25, 0.3) is 11.3 Å². The van der Waals surface area contributed by atoms with Crippen molar-refractivity contribution in [2.24, 2.45) is 0 Å². The van der Waals surface area contributed by atoms with Crippen LogP contribution < -0.4 is 0 Å². The van der Waals surface area contributed by atoms with Crippen molar-refractivity contribution in [2.45, 2.75) is 0 Å². The Morgan fingerprint density at radius 3 is 2.31 bits per heavy atom. The maximum absolute atomic E-state index is 10.5. The lowest BCUT2D eigenvalue weighted by Gasteiger charge is -2.04. The lowest BCUT2D eigenvalue weighted by Crippen LogP contribution is -1.80. The number of hydrogen-bond donors (Lipinski definition) is 0. The predicted octanol–water partition coefficient (Wildman–Crippen LogP) is 4.83. The van der Waals surface area contributed by atoms with E-state index in [1.807, 2.05) is 0 Å². The zero-order valence-corrected chi connectivity index (χ0v) is 10.9. The molecular weight excluding hydrogens is 315 g/mol. The number of aldehydes is 1. The molecule has 0 saturated heterocycles. The minimum Gasteiger partial charge on any atom is -0.453 e. The molecule has 2 aromatic rings. The minimum absolute atomic E-state index is 0.241. The molecule has 0 radical (unpaired) electrons. The van der Waals surface area contributed by atoms with E-state index in [2.05, 4.69) is 15.9 Å². The number of benzene rings is 1. The SMILES string of the molecule is O=Cc1ccc(-c2c(Cl)cc(Br)cc2Cl)o1. The lowest BCUT2D eigenvalue weighted by molar-refractivity contribution is 0.110. The Morgan fingerprint density at radius 1 is 1.19 bits per heavy atom. The van der Waals surface area contributed by atoms with Crippen LogP contribution in [0.1, 0.15) is 10.6 Å². The largest absolute Gasteiger partial charge is 0.453 e. The van der Waals surface area contributed by atoms with E-state index in [1.165, 1.54) is 0 Å². The summed E-state index contributed by atoms with van der Waals surface area (Å²) in [5.74, 6) is 0.717. The second-order valence-electron chi connectivity index (χ2n) is 3.06. The number of halogens is 3. The molecule has 2 rings (SSSR count). The van der Waals surface area contributed by atoms with Crippen LogP contribution in [0.4, 0.5) is 0 Å². The highest BCUT2D eigenvalue weighted by Crippen LogP contribution is 2.37. The highest BCUT2D eigenvalue weighted by molar-refractivity contribution is 9.10. The van der Waals surface area contributed by atoms with E-state index in [9.17, 15) is 4.79 Å². The standard InChI is InChI=1S/C11H5BrCl2O2/c12-6-3-8(13)11(9(14)4-6)10-2-1-7(5-15)16-10/h1-5H. The van der Waals surface area contributed by atoms with Crippen molar-refractivity contribution in [3.05, 3.63) is 44.5 Å². The van der Waals surface area contributed by atoms with Crippen molar-refractivity contribution in [3.8, 4) is 11.3 Å². The average Bonchev–Trinajstić information content (AvgIpc) is 2.64. The summed E-state index contributed by atoms with van der Waals surface area (Å²) < 4.78 is 6.05. The van der Waals surface area contributed by atoms with Gasteiger partial charge in [0.1, 0.15) is 5.76 Å². The third-order valence-corrected chi connectivity index (χ3v) is 3.05. The zero-order chi connectivity index (χ0) is 11.7. The maximum atomic E-state index is 10.5. The molecule has 0 amide bonds. The molecule has 0 saturated carbocycles. The van der Waals surface area contributed by atoms with E-state index in [1.54, 1.807) is 24.3 Å². The molecule has 5 heteroatoms. The molecule has 0 N–H and O–H groups in total. The quantitative estimate of drug-likeness (QED) is 0.742. The van der Waals surface area contributed by atoms with Gasteiger partial charge in [0.25, 0.3) is 0 Å². The van der Waals surface area contributed by atoms with Gasteiger partial charge in [0.2, 0.25) is 0 Å². The van der Waals surface area contributed by atoms with E-state index in [0.717, 1.165) is 4.47 Å². The summed E-state index contributed by atoms with van der Waals surface area (Å²) in [5, 5.41) is 0.928. The Bertz CT molecular complexity index is 526. The predicted molar refractivity (Wildman–Crippen MR) is 67.3 cm³/mol. The number of furan rings is 1. The second kappa shape index (κ2) is 4.62. The third-order valence-electron chi connectivity index (χ3n) is 2.00. The summed E-state index contributed by atoms with van der Waals surface area (Å²) in [6, 6.07) is 6.65. The Morgan fingerprint density at radius 2 is 1.81 bits per heavy atom. The fourth-order valence-corrected chi connectivity index (χ4v) is 2.72. The first kappa shape index (κ1) is 11.7. The van der Waals surface area contributed by atoms with Crippen molar-refractivity contribution in [1.29, 1.82) is 0 Å². The van der Waals surface area contributed by atoms with E-state index in [0.29, 0.717) is 27.7 Å².